The van der Waals surface area contributed by atoms with E-state index in [4.69, 9.17) is 19.2 Å². The van der Waals surface area contributed by atoms with Crippen molar-refractivity contribution in [1.29, 1.82) is 0 Å². The number of nitrogens with one attached hydrogen (secondary N) is 1. The Hall–Kier alpha value is -3.82. The van der Waals surface area contributed by atoms with Crippen LogP contribution >= 0.6 is 11.8 Å². The molecule has 1 N–H and O–H groups in total. The van der Waals surface area contributed by atoms with E-state index in [2.05, 4.69) is 11.9 Å². The normalized spacial score (nSPS) is 20.0. The van der Waals surface area contributed by atoms with E-state index in [1.54, 1.807) is 0 Å². The summed E-state index contributed by atoms with van der Waals surface area (Å²) in [6, 6.07) is 17.1. The number of thioether (sulfide) groups is 1. The number of carbonyl (C=O) groups excluding carboxylic acids is 2. The van der Waals surface area contributed by atoms with Crippen LogP contribution in [0.5, 0.6) is 5.75 Å². The molecule has 3 aliphatic heterocycles. The summed E-state index contributed by atoms with van der Waals surface area (Å²) >= 11 is 1.44. The van der Waals surface area contributed by atoms with Crippen LogP contribution in [0, 0.1) is 0 Å². The Balaban J connectivity index is 1.41. The summed E-state index contributed by atoms with van der Waals surface area (Å²) in [5.41, 5.74) is 3.64. The highest BCUT2D eigenvalue weighted by molar-refractivity contribution is 8.16. The summed E-state index contributed by atoms with van der Waals surface area (Å²) in [5.74, 6) is 0.0952. The molecule has 3 aliphatic rings. The molecule has 0 bridgehead atoms. The summed E-state index contributed by atoms with van der Waals surface area (Å²) in [5, 5.41) is 5.64. The van der Waals surface area contributed by atoms with Gasteiger partial charge in [0.2, 0.25) is 5.91 Å². The van der Waals surface area contributed by atoms with E-state index in [0.717, 1.165) is 36.3 Å². The zero-order chi connectivity index (χ0) is 27.9. The molecule has 0 saturated carbocycles. The second kappa shape index (κ2) is 13.0. The minimum atomic E-state index is -0.544. The van der Waals surface area contributed by atoms with Crippen LogP contribution in [-0.2, 0) is 25.7 Å². The lowest BCUT2D eigenvalue weighted by molar-refractivity contribution is -0.138. The van der Waals surface area contributed by atoms with Crippen LogP contribution in [0.3, 0.4) is 0 Å². The van der Waals surface area contributed by atoms with Gasteiger partial charge in [0.25, 0.3) is 0 Å². The molecule has 0 aliphatic carbocycles. The van der Waals surface area contributed by atoms with Crippen molar-refractivity contribution in [2.45, 2.75) is 44.9 Å². The molecule has 0 spiro atoms. The van der Waals surface area contributed by atoms with Crippen molar-refractivity contribution in [3.63, 3.8) is 0 Å². The first kappa shape index (κ1) is 27.7. The van der Waals surface area contributed by atoms with Gasteiger partial charge in [-0.05, 0) is 48.4 Å². The minimum absolute atomic E-state index is 0.0613. The zero-order valence-electron chi connectivity index (χ0n) is 22.5. The average Bonchev–Trinajstić information content (AvgIpc) is 3.64. The van der Waals surface area contributed by atoms with Crippen molar-refractivity contribution in [3.8, 4) is 5.75 Å². The van der Waals surface area contributed by atoms with Gasteiger partial charge < -0.3 is 24.4 Å². The summed E-state index contributed by atoms with van der Waals surface area (Å²) in [4.78, 5) is 33.0. The molecule has 3 heterocycles. The van der Waals surface area contributed by atoms with Crippen molar-refractivity contribution >= 4 is 28.8 Å². The highest BCUT2D eigenvalue weighted by Crippen LogP contribution is 2.45. The van der Waals surface area contributed by atoms with Gasteiger partial charge in [-0.25, -0.2) is 9.79 Å². The van der Waals surface area contributed by atoms with Crippen LogP contribution in [0.25, 0.3) is 0 Å². The van der Waals surface area contributed by atoms with Crippen molar-refractivity contribution in [3.05, 3.63) is 101 Å². The standard InChI is InChI=1S/C31H33N3O5S/c1-3-14-38-30(36)28-21(2)33-31-34(24(20-40-31)17-27(35)32-18-26-13-8-15-37-26)29(28)23-11-7-12-25(16-23)39-19-22-9-5-4-6-10-22/h3-7,9-12,16,20,26,29H,1,8,13-15,17-19H2,2H3,(H,32,35)/t26-,29+/m0/s1. The fourth-order valence-corrected chi connectivity index (χ4v) is 5.90. The van der Waals surface area contributed by atoms with E-state index in [0.29, 0.717) is 35.3 Å². The van der Waals surface area contributed by atoms with Crippen molar-refractivity contribution in [2.75, 3.05) is 19.8 Å². The second-order valence-electron chi connectivity index (χ2n) is 9.74. The van der Waals surface area contributed by atoms with Crippen LogP contribution in [0.15, 0.2) is 94.6 Å². The smallest absolute Gasteiger partial charge is 0.338 e. The lowest BCUT2D eigenvalue weighted by Crippen LogP contribution is -2.38. The molecule has 1 amide bonds. The third kappa shape index (κ3) is 6.48. The molecule has 5 rings (SSSR count). The lowest BCUT2D eigenvalue weighted by Gasteiger charge is -2.36. The van der Waals surface area contributed by atoms with Gasteiger partial charge in [-0.3, -0.25) is 4.79 Å². The lowest BCUT2D eigenvalue weighted by atomic mass is 9.93. The number of ether oxygens (including phenoxy) is 3. The number of hydrogen-bond donors (Lipinski definition) is 1. The molecular weight excluding hydrogens is 526 g/mol. The van der Waals surface area contributed by atoms with Gasteiger partial charge in [0, 0.05) is 18.8 Å². The van der Waals surface area contributed by atoms with E-state index < -0.39 is 12.0 Å². The third-order valence-corrected chi connectivity index (χ3v) is 7.76. The van der Waals surface area contributed by atoms with E-state index in [1.165, 1.54) is 17.8 Å². The highest BCUT2D eigenvalue weighted by atomic mass is 32.2. The third-order valence-electron chi connectivity index (χ3n) is 6.87. The predicted molar refractivity (Wildman–Crippen MR) is 155 cm³/mol. The number of allylic oxidation sites excluding steroid dienone is 1. The van der Waals surface area contributed by atoms with Gasteiger partial charge in [-0.15, -0.1) is 0 Å². The number of amidine groups is 1. The molecule has 2 aromatic rings. The molecule has 40 heavy (non-hydrogen) atoms. The molecule has 208 valence electrons. The van der Waals surface area contributed by atoms with Crippen LogP contribution in [0.1, 0.15) is 43.4 Å². The van der Waals surface area contributed by atoms with Gasteiger partial charge in [-0.2, -0.15) is 0 Å². The summed E-state index contributed by atoms with van der Waals surface area (Å²) in [7, 11) is 0. The van der Waals surface area contributed by atoms with Crippen molar-refractivity contribution in [2.24, 2.45) is 4.99 Å². The summed E-state index contributed by atoms with van der Waals surface area (Å²) < 4.78 is 17.2. The van der Waals surface area contributed by atoms with Crippen LogP contribution in [0.4, 0.5) is 0 Å². The van der Waals surface area contributed by atoms with Crippen LogP contribution in [0.2, 0.25) is 0 Å². The number of esters is 1. The molecule has 2 atom stereocenters. The first-order valence-corrected chi connectivity index (χ1v) is 14.3. The van der Waals surface area contributed by atoms with E-state index in [9.17, 15) is 9.59 Å². The number of nitrogens with zero attached hydrogens (tertiary/aromatic N) is 2. The molecule has 0 aromatic heterocycles. The molecule has 8 nitrogen and oxygen atoms in total. The Bertz CT molecular complexity index is 1350. The highest BCUT2D eigenvalue weighted by Gasteiger charge is 2.41. The summed E-state index contributed by atoms with van der Waals surface area (Å²) in [6.07, 6.45) is 3.71. The molecule has 0 unspecified atom stereocenters. The number of hydrogen-bond acceptors (Lipinski definition) is 8. The summed E-state index contributed by atoms with van der Waals surface area (Å²) in [6.45, 7) is 7.20. The Morgan fingerprint density at radius 2 is 2.08 bits per heavy atom. The van der Waals surface area contributed by atoms with Gasteiger partial charge >= 0.3 is 5.97 Å². The van der Waals surface area contributed by atoms with Gasteiger partial charge in [-0.1, -0.05) is 66.9 Å². The molecule has 0 radical (unpaired) electrons. The number of carbonyl (C=O) groups is 2. The Morgan fingerprint density at radius 3 is 2.85 bits per heavy atom. The minimum Gasteiger partial charge on any atom is -0.489 e. The number of fused-ring (bicyclic) bond motifs is 1. The van der Waals surface area contributed by atoms with Crippen LogP contribution in [-0.4, -0.2) is 47.8 Å². The topological polar surface area (TPSA) is 89.5 Å². The number of aliphatic imine (C=N–C) groups is 1. The maximum Gasteiger partial charge on any atom is 0.338 e. The molecule has 1 fully saturated rings. The van der Waals surface area contributed by atoms with E-state index >= 15 is 0 Å². The first-order valence-electron chi connectivity index (χ1n) is 13.4. The fraction of sp³-hybridized carbons (Fsp3) is 0.323. The number of amides is 1. The number of rotatable bonds is 11. The quantitative estimate of drug-likeness (QED) is 0.297. The molecule has 2 aromatic carbocycles. The molecular formula is C31H33N3O5S. The average molecular weight is 560 g/mol. The fourth-order valence-electron chi connectivity index (χ4n) is 4.93. The van der Waals surface area contributed by atoms with E-state index in [-0.39, 0.29) is 25.0 Å². The Kier molecular flexibility index (Phi) is 9.03. The van der Waals surface area contributed by atoms with Crippen molar-refractivity contribution in [1.82, 2.24) is 10.2 Å². The Morgan fingerprint density at radius 1 is 1.23 bits per heavy atom. The van der Waals surface area contributed by atoms with Crippen molar-refractivity contribution < 1.29 is 23.8 Å². The van der Waals surface area contributed by atoms with Gasteiger partial charge in [0.05, 0.1) is 29.8 Å². The SMILES string of the molecule is C=CCOC(=O)C1=C(C)N=C2SC=C(CC(=O)NC[C@@H]3CCCO3)N2[C@@H]1c1cccc(OCc2ccccc2)c1. The monoisotopic (exact) mass is 559 g/mol. The maximum atomic E-state index is 13.3. The molecule has 1 saturated heterocycles. The van der Waals surface area contributed by atoms with E-state index in [1.807, 2.05) is 71.8 Å². The maximum absolute atomic E-state index is 13.3. The predicted octanol–water partition coefficient (Wildman–Crippen LogP) is 5.26. The first-order chi connectivity index (χ1) is 19.5. The number of benzene rings is 2. The Labute approximate surface area is 238 Å². The second-order valence-corrected chi connectivity index (χ2v) is 10.6. The zero-order valence-corrected chi connectivity index (χ0v) is 23.3. The van der Waals surface area contributed by atoms with Crippen LogP contribution < -0.4 is 10.1 Å². The van der Waals surface area contributed by atoms with Gasteiger partial charge in [0.1, 0.15) is 19.0 Å². The largest absolute Gasteiger partial charge is 0.489 e. The van der Waals surface area contributed by atoms with Gasteiger partial charge in [0.15, 0.2) is 5.17 Å². The molecule has 9 heteroatoms.